The van der Waals surface area contributed by atoms with Crippen LogP contribution in [0, 0.1) is 0 Å². The Bertz CT molecular complexity index is 341. The van der Waals surface area contributed by atoms with Gasteiger partial charge in [-0.15, -0.1) is 0 Å². The minimum Gasteiger partial charge on any atom is -0.540 e. The van der Waals surface area contributed by atoms with E-state index in [1.807, 2.05) is 0 Å². The number of ether oxygens (including phenoxy) is 1. The molecule has 0 saturated heterocycles. The second-order valence-corrected chi connectivity index (χ2v) is 3.27. The maximum atomic E-state index is 11.3. The van der Waals surface area contributed by atoms with Crippen molar-refractivity contribution in [3.05, 3.63) is 29.3 Å². The molecule has 0 spiro atoms. The summed E-state index contributed by atoms with van der Waals surface area (Å²) < 4.78 is 9.59. The summed E-state index contributed by atoms with van der Waals surface area (Å²) in [6.07, 6.45) is 0. The zero-order chi connectivity index (χ0) is 10.6. The molecule has 0 aliphatic carbocycles. The van der Waals surface area contributed by atoms with Gasteiger partial charge in [-0.3, -0.25) is 0 Å². The smallest absolute Gasteiger partial charge is 0.341 e. The van der Waals surface area contributed by atoms with Crippen molar-refractivity contribution in [2.45, 2.75) is 5.33 Å². The lowest BCUT2D eigenvalue weighted by Gasteiger charge is -2.09. The number of hydrogen-bond donors (Lipinski definition) is 0. The van der Waals surface area contributed by atoms with Crippen molar-refractivity contribution < 1.29 is 14.0 Å². The van der Waals surface area contributed by atoms with Gasteiger partial charge < -0.3 is 9.16 Å². The highest BCUT2D eigenvalue weighted by molar-refractivity contribution is 9.08. The predicted molar refractivity (Wildman–Crippen MR) is 56.8 cm³/mol. The third-order valence-corrected chi connectivity index (χ3v) is 2.56. The number of alkyl halides is 1. The molecule has 0 N–H and O–H groups in total. The summed E-state index contributed by atoms with van der Waals surface area (Å²) in [6.45, 7) is 0. The average Bonchev–Trinajstić information content (AvgIpc) is 2.26. The molecule has 0 saturated carbocycles. The van der Waals surface area contributed by atoms with Crippen LogP contribution in [0.25, 0.3) is 0 Å². The van der Waals surface area contributed by atoms with Crippen LogP contribution in [0.1, 0.15) is 15.9 Å². The zero-order valence-electron chi connectivity index (χ0n) is 7.54. The van der Waals surface area contributed by atoms with E-state index in [4.69, 9.17) is 4.43 Å². The number of carbonyl (C=O) groups excluding carboxylic acids is 1. The van der Waals surface area contributed by atoms with E-state index in [1.54, 1.807) is 18.2 Å². The van der Waals surface area contributed by atoms with Gasteiger partial charge in [0.2, 0.25) is 0 Å². The lowest BCUT2D eigenvalue weighted by atomic mass is 10.1. The van der Waals surface area contributed by atoms with Crippen LogP contribution in [0.5, 0.6) is 5.75 Å². The Morgan fingerprint density at radius 3 is 2.79 bits per heavy atom. The van der Waals surface area contributed by atoms with E-state index in [-0.39, 0.29) is 5.97 Å². The molecule has 1 aromatic rings. The van der Waals surface area contributed by atoms with E-state index in [0.29, 0.717) is 16.6 Å². The first-order chi connectivity index (χ1) is 6.74. The van der Waals surface area contributed by atoms with Crippen molar-refractivity contribution in [2.24, 2.45) is 0 Å². The van der Waals surface area contributed by atoms with E-state index < -0.39 is 0 Å². The summed E-state index contributed by atoms with van der Waals surface area (Å²) in [6, 6.07) is 5.18. The van der Waals surface area contributed by atoms with Gasteiger partial charge in [0.15, 0.2) is 0 Å². The van der Waals surface area contributed by atoms with Gasteiger partial charge in [0.1, 0.15) is 5.75 Å². The topological polar surface area (TPSA) is 35.5 Å². The Kier molecular flexibility index (Phi) is 4.15. The molecule has 5 heteroatoms. The molecule has 0 heterocycles. The van der Waals surface area contributed by atoms with Gasteiger partial charge in [0, 0.05) is 10.9 Å². The highest BCUT2D eigenvalue weighted by atomic mass is 79.9. The highest BCUT2D eigenvalue weighted by Gasteiger charge is 2.14. The molecule has 0 unspecified atom stereocenters. The van der Waals surface area contributed by atoms with E-state index in [2.05, 4.69) is 31.2 Å². The van der Waals surface area contributed by atoms with Crippen molar-refractivity contribution in [1.29, 1.82) is 0 Å². The standard InChI is InChI=1S/C9H8BrO3Si/c1-12-9(11)6-3-2-4-8(13-14)7(6)5-10/h2-4H,5H2,1H3. The predicted octanol–water partition coefficient (Wildman–Crippen LogP) is 1.83. The summed E-state index contributed by atoms with van der Waals surface area (Å²) in [4.78, 5) is 11.3. The van der Waals surface area contributed by atoms with E-state index in [0.717, 1.165) is 5.56 Å². The number of methoxy groups -OCH3 is 1. The van der Waals surface area contributed by atoms with E-state index in [1.165, 1.54) is 7.11 Å². The number of benzene rings is 1. The first-order valence-electron chi connectivity index (χ1n) is 3.84. The molecule has 0 fully saturated rings. The molecule has 0 atom stereocenters. The molecule has 0 aromatic heterocycles. The molecule has 14 heavy (non-hydrogen) atoms. The zero-order valence-corrected chi connectivity index (χ0v) is 10.1. The summed E-state index contributed by atoms with van der Waals surface area (Å²) in [5, 5.41) is 0.526. The Morgan fingerprint density at radius 1 is 1.57 bits per heavy atom. The van der Waals surface area contributed by atoms with Crippen LogP contribution < -0.4 is 4.43 Å². The molecular weight excluding hydrogens is 264 g/mol. The van der Waals surface area contributed by atoms with Gasteiger partial charge in [-0.25, -0.2) is 4.79 Å². The number of rotatable bonds is 3. The molecule has 0 aliphatic rings. The molecule has 0 amide bonds. The minimum atomic E-state index is -0.370. The van der Waals surface area contributed by atoms with Crippen molar-refractivity contribution in [2.75, 3.05) is 7.11 Å². The molecular formula is C9H8BrO3Si. The number of halogens is 1. The average molecular weight is 272 g/mol. The Hall–Kier alpha value is -0.813. The van der Waals surface area contributed by atoms with E-state index >= 15 is 0 Å². The SMILES string of the molecule is COC(=O)c1cccc(O[Si])c1CBr. The molecule has 0 aliphatic heterocycles. The third-order valence-electron chi connectivity index (χ3n) is 1.78. The van der Waals surface area contributed by atoms with Crippen LogP contribution >= 0.6 is 15.9 Å². The van der Waals surface area contributed by atoms with Gasteiger partial charge in [-0.05, 0) is 12.1 Å². The quantitative estimate of drug-likeness (QED) is 0.478. The summed E-state index contributed by atoms with van der Waals surface area (Å²) in [7, 11) is 4.28. The lowest BCUT2D eigenvalue weighted by molar-refractivity contribution is 0.0599. The molecule has 3 nitrogen and oxygen atoms in total. The van der Waals surface area contributed by atoms with Crippen molar-refractivity contribution in [3.63, 3.8) is 0 Å². The maximum Gasteiger partial charge on any atom is 0.341 e. The Morgan fingerprint density at radius 2 is 2.29 bits per heavy atom. The Labute approximate surface area is 94.1 Å². The second-order valence-electron chi connectivity index (χ2n) is 2.51. The van der Waals surface area contributed by atoms with Crippen molar-refractivity contribution in [3.8, 4) is 5.75 Å². The maximum absolute atomic E-state index is 11.3. The normalized spacial score (nSPS) is 9.64. The van der Waals surface area contributed by atoms with Gasteiger partial charge in [-0.1, -0.05) is 22.0 Å². The monoisotopic (exact) mass is 271 g/mol. The first kappa shape index (κ1) is 11.3. The third kappa shape index (κ3) is 2.16. The fourth-order valence-electron chi connectivity index (χ4n) is 1.10. The van der Waals surface area contributed by atoms with Crippen LogP contribution in [-0.4, -0.2) is 23.6 Å². The minimum absolute atomic E-state index is 0.370. The van der Waals surface area contributed by atoms with Crippen LogP contribution in [0.3, 0.4) is 0 Å². The molecule has 1 rings (SSSR count). The van der Waals surface area contributed by atoms with Crippen LogP contribution in [-0.2, 0) is 10.1 Å². The molecule has 0 bridgehead atoms. The lowest BCUT2D eigenvalue weighted by Crippen LogP contribution is -2.06. The van der Waals surface area contributed by atoms with Crippen molar-refractivity contribution in [1.82, 2.24) is 0 Å². The number of esters is 1. The summed E-state index contributed by atoms with van der Waals surface area (Å²) in [5.41, 5.74) is 1.26. The van der Waals surface area contributed by atoms with Gasteiger partial charge >= 0.3 is 16.5 Å². The highest BCUT2D eigenvalue weighted by Crippen LogP contribution is 2.24. The van der Waals surface area contributed by atoms with Crippen LogP contribution in [0.4, 0.5) is 0 Å². The van der Waals surface area contributed by atoms with Crippen molar-refractivity contribution >= 4 is 32.4 Å². The number of hydrogen-bond acceptors (Lipinski definition) is 3. The second kappa shape index (κ2) is 5.16. The molecule has 73 valence electrons. The number of carbonyl (C=O) groups is 1. The van der Waals surface area contributed by atoms with Gasteiger partial charge in [0.25, 0.3) is 0 Å². The summed E-state index contributed by atoms with van der Waals surface area (Å²) >= 11 is 3.29. The first-order valence-corrected chi connectivity index (χ1v) is 5.37. The molecule has 1 aromatic carbocycles. The van der Waals surface area contributed by atoms with E-state index in [9.17, 15) is 4.79 Å². The summed E-state index contributed by atoms with van der Waals surface area (Å²) in [5.74, 6) is 0.228. The van der Waals surface area contributed by atoms with Crippen LogP contribution in [0.2, 0.25) is 0 Å². The van der Waals surface area contributed by atoms with Gasteiger partial charge in [-0.2, -0.15) is 0 Å². The van der Waals surface area contributed by atoms with Gasteiger partial charge in [0.05, 0.1) is 12.7 Å². The largest absolute Gasteiger partial charge is 0.540 e. The Balaban J connectivity index is 3.21. The fraction of sp³-hybridized carbons (Fsp3) is 0.222. The molecule has 3 radical (unpaired) electrons. The fourth-order valence-corrected chi connectivity index (χ4v) is 1.87. The van der Waals surface area contributed by atoms with Crippen LogP contribution in [0.15, 0.2) is 18.2 Å².